The molecule has 36 heavy (non-hydrogen) atoms. The number of likely N-dealkylation sites (tertiary alicyclic amines) is 1. The standard InChI is InChI=1S/C26H31F2N5O3/c1-35-22-11-23(36-2)25(28)21(24(22)27)10-17-14-32-26-20(17)9-16(13-31-26)18(12-29)15-30-19-3-5-33(6-4-19)7-8-34/h9,11-15,19,34H,3-8,10,29H2,1-2H3,(H,31,32). The minimum atomic E-state index is -0.769. The van der Waals surface area contributed by atoms with Crippen molar-refractivity contribution < 1.29 is 23.4 Å². The monoisotopic (exact) mass is 499 g/mol. The van der Waals surface area contributed by atoms with Crippen LogP contribution >= 0.6 is 0 Å². The lowest BCUT2D eigenvalue weighted by molar-refractivity contribution is 0.165. The van der Waals surface area contributed by atoms with Gasteiger partial charge in [-0.3, -0.25) is 4.99 Å². The van der Waals surface area contributed by atoms with Crippen LogP contribution in [-0.4, -0.2) is 72.7 Å². The Bertz CT molecular complexity index is 1240. The Hall–Kier alpha value is -3.50. The van der Waals surface area contributed by atoms with Gasteiger partial charge < -0.3 is 30.2 Å². The van der Waals surface area contributed by atoms with E-state index in [9.17, 15) is 8.78 Å². The summed E-state index contributed by atoms with van der Waals surface area (Å²) in [7, 11) is 2.64. The maximum atomic E-state index is 14.9. The molecular formula is C26H31F2N5O3. The molecule has 0 spiro atoms. The van der Waals surface area contributed by atoms with Gasteiger partial charge in [0.25, 0.3) is 0 Å². The molecule has 1 fully saturated rings. The lowest BCUT2D eigenvalue weighted by atomic mass is 10.0. The fraction of sp³-hybridized carbons (Fsp3) is 0.385. The largest absolute Gasteiger partial charge is 0.494 e. The van der Waals surface area contributed by atoms with Gasteiger partial charge in [-0.2, -0.15) is 0 Å². The zero-order valence-corrected chi connectivity index (χ0v) is 20.4. The maximum Gasteiger partial charge on any atom is 0.171 e. The first-order chi connectivity index (χ1) is 17.5. The summed E-state index contributed by atoms with van der Waals surface area (Å²) in [6.45, 7) is 2.64. The van der Waals surface area contributed by atoms with Gasteiger partial charge in [-0.05, 0) is 24.5 Å². The summed E-state index contributed by atoms with van der Waals surface area (Å²) < 4.78 is 40.0. The number of aliphatic imine (C=N–C) groups is 1. The number of benzene rings is 1. The number of fused-ring (bicyclic) bond motifs is 1. The number of rotatable bonds is 9. The Morgan fingerprint density at radius 2 is 1.92 bits per heavy atom. The highest BCUT2D eigenvalue weighted by Gasteiger charge is 2.22. The summed E-state index contributed by atoms with van der Waals surface area (Å²) in [6, 6.07) is 3.26. The van der Waals surface area contributed by atoms with Crippen LogP contribution in [0.3, 0.4) is 0 Å². The van der Waals surface area contributed by atoms with Gasteiger partial charge in [0, 0.05) is 79.0 Å². The van der Waals surface area contributed by atoms with Gasteiger partial charge in [0.15, 0.2) is 23.1 Å². The number of halogens is 2. The molecule has 3 heterocycles. The number of aromatic amines is 1. The van der Waals surface area contributed by atoms with Crippen LogP contribution in [-0.2, 0) is 6.42 Å². The predicted octanol–water partition coefficient (Wildman–Crippen LogP) is 3.28. The van der Waals surface area contributed by atoms with Gasteiger partial charge in [-0.1, -0.05) is 0 Å². The molecule has 4 rings (SSSR count). The number of aliphatic hydroxyl groups excluding tert-OH is 1. The molecule has 1 saturated heterocycles. The van der Waals surface area contributed by atoms with Crippen LogP contribution in [0.5, 0.6) is 11.5 Å². The first kappa shape index (κ1) is 25.6. The highest BCUT2D eigenvalue weighted by Crippen LogP contribution is 2.34. The topological polar surface area (TPSA) is 109 Å². The van der Waals surface area contributed by atoms with Crippen LogP contribution in [0.25, 0.3) is 16.6 Å². The van der Waals surface area contributed by atoms with E-state index in [0.717, 1.165) is 36.9 Å². The highest BCUT2D eigenvalue weighted by molar-refractivity contribution is 6.10. The van der Waals surface area contributed by atoms with E-state index < -0.39 is 11.6 Å². The molecule has 0 radical (unpaired) electrons. The fourth-order valence-corrected chi connectivity index (χ4v) is 4.48. The molecule has 0 amide bonds. The second kappa shape index (κ2) is 11.5. The summed E-state index contributed by atoms with van der Waals surface area (Å²) in [5.74, 6) is -1.72. The van der Waals surface area contributed by atoms with E-state index in [1.54, 1.807) is 18.6 Å². The predicted molar refractivity (Wildman–Crippen MR) is 136 cm³/mol. The zero-order valence-electron chi connectivity index (χ0n) is 20.4. The van der Waals surface area contributed by atoms with Gasteiger partial charge in [-0.25, -0.2) is 13.8 Å². The number of β-amino-alcohol motifs (C(OH)–C–C–N with tert-alkyl or cyclic N) is 1. The minimum absolute atomic E-state index is 0.0292. The van der Waals surface area contributed by atoms with Gasteiger partial charge in [-0.15, -0.1) is 0 Å². The van der Waals surface area contributed by atoms with Gasteiger partial charge in [0.05, 0.1) is 26.9 Å². The molecule has 2 aromatic heterocycles. The Labute approximate surface area is 208 Å². The Kier molecular flexibility index (Phi) is 8.17. The number of piperidine rings is 1. The van der Waals surface area contributed by atoms with E-state index in [2.05, 4.69) is 14.9 Å². The molecule has 1 aromatic carbocycles. The quantitative estimate of drug-likeness (QED) is 0.390. The van der Waals surface area contributed by atoms with Crippen molar-refractivity contribution in [3.63, 3.8) is 0 Å². The second-order valence-corrected chi connectivity index (χ2v) is 8.70. The number of ether oxygens (including phenoxy) is 2. The summed E-state index contributed by atoms with van der Waals surface area (Å²) in [5, 5.41) is 9.83. The van der Waals surface area contributed by atoms with Crippen molar-refractivity contribution in [3.05, 3.63) is 59.1 Å². The van der Waals surface area contributed by atoms with Crippen molar-refractivity contribution in [2.24, 2.45) is 10.7 Å². The number of H-pyrrole nitrogens is 1. The Morgan fingerprint density at radius 3 is 2.53 bits per heavy atom. The lowest BCUT2D eigenvalue weighted by Gasteiger charge is -2.29. The third-order valence-electron chi connectivity index (χ3n) is 6.56. The summed E-state index contributed by atoms with van der Waals surface area (Å²) in [6.07, 6.45) is 8.40. The molecule has 0 bridgehead atoms. The third kappa shape index (κ3) is 5.34. The molecule has 1 aliphatic rings. The van der Waals surface area contributed by atoms with Crippen molar-refractivity contribution in [1.29, 1.82) is 0 Å². The van der Waals surface area contributed by atoms with Gasteiger partial charge in [0.1, 0.15) is 5.65 Å². The van der Waals surface area contributed by atoms with E-state index in [4.69, 9.17) is 25.3 Å². The number of hydrogen-bond acceptors (Lipinski definition) is 7. The first-order valence-electron chi connectivity index (χ1n) is 11.8. The van der Waals surface area contributed by atoms with Crippen molar-refractivity contribution in [2.45, 2.75) is 25.3 Å². The van der Waals surface area contributed by atoms with Crippen LogP contribution in [0.4, 0.5) is 8.78 Å². The fourth-order valence-electron chi connectivity index (χ4n) is 4.48. The van der Waals surface area contributed by atoms with Gasteiger partial charge >= 0.3 is 0 Å². The van der Waals surface area contributed by atoms with Crippen LogP contribution in [0.15, 0.2) is 35.7 Å². The zero-order chi connectivity index (χ0) is 25.7. The number of aromatic nitrogens is 2. The van der Waals surface area contributed by atoms with Crippen molar-refractivity contribution >= 4 is 22.8 Å². The van der Waals surface area contributed by atoms with E-state index in [1.165, 1.54) is 26.5 Å². The summed E-state index contributed by atoms with van der Waals surface area (Å²) >= 11 is 0. The van der Waals surface area contributed by atoms with Crippen molar-refractivity contribution in [3.8, 4) is 11.5 Å². The first-order valence-corrected chi connectivity index (χ1v) is 11.8. The number of nitrogens with two attached hydrogens (primary N) is 1. The molecule has 192 valence electrons. The number of allylic oxidation sites excluding steroid dienone is 1. The SMILES string of the molecule is COc1cc(OC)c(F)c(Cc2c[nH]c3ncc(C(C=NC4CCN(CCO)CC4)=CN)cc23)c1F. The van der Waals surface area contributed by atoms with E-state index in [1.807, 2.05) is 6.07 Å². The minimum Gasteiger partial charge on any atom is -0.494 e. The number of aliphatic hydroxyl groups is 1. The van der Waals surface area contributed by atoms with Crippen LogP contribution in [0.1, 0.15) is 29.5 Å². The number of pyridine rings is 1. The smallest absolute Gasteiger partial charge is 0.171 e. The molecule has 0 aliphatic carbocycles. The number of hydrogen-bond donors (Lipinski definition) is 3. The molecule has 0 saturated carbocycles. The number of methoxy groups -OCH3 is 2. The van der Waals surface area contributed by atoms with E-state index in [0.29, 0.717) is 23.3 Å². The number of nitrogens with one attached hydrogen (secondary N) is 1. The van der Waals surface area contributed by atoms with Crippen LogP contribution in [0, 0.1) is 11.6 Å². The Balaban J connectivity index is 1.58. The third-order valence-corrected chi connectivity index (χ3v) is 6.56. The van der Waals surface area contributed by atoms with Crippen LogP contribution < -0.4 is 15.2 Å². The molecular weight excluding hydrogens is 468 g/mol. The maximum absolute atomic E-state index is 14.9. The summed E-state index contributed by atoms with van der Waals surface area (Å²) in [4.78, 5) is 14.5. The normalized spacial score (nSPS) is 15.8. The summed E-state index contributed by atoms with van der Waals surface area (Å²) in [5.41, 5.74) is 8.47. The van der Waals surface area contributed by atoms with E-state index >= 15 is 0 Å². The highest BCUT2D eigenvalue weighted by atomic mass is 19.1. The van der Waals surface area contributed by atoms with Crippen LogP contribution in [0.2, 0.25) is 0 Å². The van der Waals surface area contributed by atoms with Gasteiger partial charge in [0.2, 0.25) is 0 Å². The van der Waals surface area contributed by atoms with E-state index in [-0.39, 0.29) is 36.1 Å². The molecule has 0 unspecified atom stereocenters. The molecule has 0 atom stereocenters. The number of nitrogens with zero attached hydrogens (tertiary/aromatic N) is 3. The molecule has 3 aromatic rings. The average Bonchev–Trinajstić information content (AvgIpc) is 3.30. The Morgan fingerprint density at radius 1 is 1.22 bits per heavy atom. The van der Waals surface area contributed by atoms with Crippen molar-refractivity contribution in [2.75, 3.05) is 40.5 Å². The molecule has 10 heteroatoms. The lowest BCUT2D eigenvalue weighted by Crippen LogP contribution is -2.37. The average molecular weight is 500 g/mol. The molecule has 1 aliphatic heterocycles. The molecule has 4 N–H and O–H groups in total. The van der Waals surface area contributed by atoms with Crippen molar-refractivity contribution in [1.82, 2.24) is 14.9 Å². The molecule has 8 nitrogen and oxygen atoms in total. The second-order valence-electron chi connectivity index (χ2n) is 8.70.